The molecule has 1 aromatic heterocycles. The van der Waals surface area contributed by atoms with Crippen molar-refractivity contribution >= 4 is 5.69 Å². The second-order valence-electron chi connectivity index (χ2n) is 4.49. The quantitative estimate of drug-likeness (QED) is 0.732. The molecule has 0 amide bonds. The minimum atomic E-state index is -0.553. The molecule has 21 heavy (non-hydrogen) atoms. The van der Waals surface area contributed by atoms with Gasteiger partial charge in [0.25, 0.3) is 0 Å². The summed E-state index contributed by atoms with van der Waals surface area (Å²) in [7, 11) is 0. The van der Waals surface area contributed by atoms with Gasteiger partial charge in [-0.3, -0.25) is 4.57 Å². The van der Waals surface area contributed by atoms with E-state index in [2.05, 4.69) is 4.98 Å². The smallest absolute Gasteiger partial charge is 0.144 e. The third kappa shape index (κ3) is 2.23. The molecule has 0 radical (unpaired) electrons. The van der Waals surface area contributed by atoms with Crippen LogP contribution in [-0.2, 0) is 0 Å². The monoisotopic (exact) mass is 278 g/mol. The maximum atomic E-state index is 13.8. The summed E-state index contributed by atoms with van der Waals surface area (Å²) < 4.78 is 15.4. The van der Waals surface area contributed by atoms with Crippen molar-refractivity contribution in [1.29, 1.82) is 5.26 Å². The number of imidazole rings is 1. The summed E-state index contributed by atoms with van der Waals surface area (Å²) in [4.78, 5) is 4.28. The Morgan fingerprint density at radius 2 is 2.00 bits per heavy atom. The van der Waals surface area contributed by atoms with Gasteiger partial charge in [0.15, 0.2) is 0 Å². The number of hydrogen-bond donors (Lipinski definition) is 1. The molecule has 4 nitrogen and oxygen atoms in total. The second kappa shape index (κ2) is 5.10. The molecule has 102 valence electrons. The van der Waals surface area contributed by atoms with Crippen molar-refractivity contribution in [2.45, 2.75) is 0 Å². The van der Waals surface area contributed by atoms with Crippen molar-refractivity contribution < 1.29 is 4.39 Å². The van der Waals surface area contributed by atoms with E-state index in [4.69, 9.17) is 11.0 Å². The molecule has 0 fully saturated rings. The van der Waals surface area contributed by atoms with Crippen molar-refractivity contribution in [1.82, 2.24) is 9.55 Å². The first kappa shape index (κ1) is 12.9. The average molecular weight is 278 g/mol. The maximum Gasteiger partial charge on any atom is 0.144 e. The molecule has 0 unspecified atom stereocenters. The fourth-order valence-corrected chi connectivity index (χ4v) is 2.21. The summed E-state index contributed by atoms with van der Waals surface area (Å²) in [5.41, 5.74) is 7.63. The highest BCUT2D eigenvalue weighted by Crippen LogP contribution is 2.25. The predicted molar refractivity (Wildman–Crippen MR) is 78.1 cm³/mol. The van der Waals surface area contributed by atoms with Crippen LogP contribution in [0.25, 0.3) is 17.1 Å². The summed E-state index contributed by atoms with van der Waals surface area (Å²) >= 11 is 0. The highest BCUT2D eigenvalue weighted by atomic mass is 19.1. The Hall–Kier alpha value is -3.13. The zero-order valence-corrected chi connectivity index (χ0v) is 11.0. The van der Waals surface area contributed by atoms with Crippen LogP contribution in [0.4, 0.5) is 10.1 Å². The Morgan fingerprint density at radius 3 is 2.76 bits per heavy atom. The van der Waals surface area contributed by atoms with Crippen molar-refractivity contribution in [3.63, 3.8) is 0 Å². The second-order valence-corrected chi connectivity index (χ2v) is 4.49. The molecule has 0 spiro atoms. The molecule has 3 rings (SSSR count). The van der Waals surface area contributed by atoms with Crippen molar-refractivity contribution in [3.8, 4) is 23.1 Å². The van der Waals surface area contributed by atoms with E-state index in [1.807, 2.05) is 18.2 Å². The third-order valence-electron chi connectivity index (χ3n) is 3.15. The van der Waals surface area contributed by atoms with E-state index < -0.39 is 5.82 Å². The van der Waals surface area contributed by atoms with Gasteiger partial charge in [-0.2, -0.15) is 5.26 Å². The largest absolute Gasteiger partial charge is 0.399 e. The third-order valence-corrected chi connectivity index (χ3v) is 3.15. The Labute approximate surface area is 120 Å². The lowest BCUT2D eigenvalue weighted by Gasteiger charge is -2.10. The highest BCUT2D eigenvalue weighted by molar-refractivity contribution is 5.65. The van der Waals surface area contributed by atoms with Gasteiger partial charge in [-0.05, 0) is 24.3 Å². The minimum Gasteiger partial charge on any atom is -0.399 e. The van der Waals surface area contributed by atoms with E-state index in [1.165, 1.54) is 6.07 Å². The van der Waals surface area contributed by atoms with E-state index in [0.717, 1.165) is 5.56 Å². The molecule has 2 aromatic carbocycles. The van der Waals surface area contributed by atoms with E-state index in [0.29, 0.717) is 17.2 Å². The van der Waals surface area contributed by atoms with Crippen molar-refractivity contribution in [2.75, 3.05) is 5.73 Å². The van der Waals surface area contributed by atoms with Gasteiger partial charge in [0.05, 0.1) is 5.69 Å². The van der Waals surface area contributed by atoms with Crippen LogP contribution >= 0.6 is 0 Å². The van der Waals surface area contributed by atoms with Crippen LogP contribution < -0.4 is 5.73 Å². The SMILES string of the molecule is N#Cc1c(F)cccc1-n1ccnc1-c1cccc(N)c1. The molecule has 3 aromatic rings. The first-order chi connectivity index (χ1) is 10.2. The van der Waals surface area contributed by atoms with Crippen LogP contribution in [0.2, 0.25) is 0 Å². The summed E-state index contributed by atoms with van der Waals surface area (Å²) in [6.45, 7) is 0. The van der Waals surface area contributed by atoms with E-state index in [9.17, 15) is 4.39 Å². The number of halogens is 1. The number of aromatic nitrogens is 2. The minimum absolute atomic E-state index is 0.0133. The van der Waals surface area contributed by atoms with Crippen LogP contribution in [0.15, 0.2) is 54.9 Å². The average Bonchev–Trinajstić information content (AvgIpc) is 2.96. The predicted octanol–water partition coefficient (Wildman–Crippen LogP) is 3.13. The fraction of sp³-hybridized carbons (Fsp3) is 0. The number of nitrogens with zero attached hydrogens (tertiary/aromatic N) is 3. The lowest BCUT2D eigenvalue weighted by molar-refractivity contribution is 0.622. The molecule has 0 bridgehead atoms. The Balaban J connectivity index is 2.21. The molecule has 2 N–H and O–H groups in total. The Bertz CT molecular complexity index is 845. The van der Waals surface area contributed by atoms with E-state index in [1.54, 1.807) is 41.2 Å². The first-order valence-corrected chi connectivity index (χ1v) is 6.29. The van der Waals surface area contributed by atoms with Crippen molar-refractivity contribution in [3.05, 3.63) is 66.2 Å². The van der Waals surface area contributed by atoms with Gasteiger partial charge in [-0.25, -0.2) is 9.37 Å². The molecule has 1 heterocycles. The van der Waals surface area contributed by atoms with E-state index >= 15 is 0 Å². The molecule has 5 heteroatoms. The zero-order valence-electron chi connectivity index (χ0n) is 11.0. The fourth-order valence-electron chi connectivity index (χ4n) is 2.21. The molecule has 0 saturated carbocycles. The number of anilines is 1. The number of nitrogens with two attached hydrogens (primary N) is 1. The topological polar surface area (TPSA) is 67.6 Å². The van der Waals surface area contributed by atoms with Gasteiger partial charge in [-0.1, -0.05) is 18.2 Å². The van der Waals surface area contributed by atoms with Crippen LogP contribution in [0.5, 0.6) is 0 Å². The number of nitrogen functional groups attached to an aromatic ring is 1. The molecular weight excluding hydrogens is 267 g/mol. The van der Waals surface area contributed by atoms with Gasteiger partial charge < -0.3 is 5.73 Å². The van der Waals surface area contributed by atoms with Crippen LogP contribution in [-0.4, -0.2) is 9.55 Å². The van der Waals surface area contributed by atoms with Crippen LogP contribution in [0.1, 0.15) is 5.56 Å². The lowest BCUT2D eigenvalue weighted by atomic mass is 10.1. The van der Waals surface area contributed by atoms with Crippen LogP contribution in [0.3, 0.4) is 0 Å². The number of benzene rings is 2. The first-order valence-electron chi connectivity index (χ1n) is 6.29. The molecular formula is C16H11FN4. The van der Waals surface area contributed by atoms with Crippen molar-refractivity contribution in [2.24, 2.45) is 0 Å². The molecule has 0 atom stereocenters. The van der Waals surface area contributed by atoms with Gasteiger partial charge >= 0.3 is 0 Å². The van der Waals surface area contributed by atoms with E-state index in [-0.39, 0.29) is 5.56 Å². The summed E-state index contributed by atoms with van der Waals surface area (Å²) in [6.07, 6.45) is 3.29. The van der Waals surface area contributed by atoms with Gasteiger partial charge in [0.1, 0.15) is 23.3 Å². The van der Waals surface area contributed by atoms with Gasteiger partial charge in [0, 0.05) is 23.6 Å². The molecule has 0 aliphatic carbocycles. The van der Waals surface area contributed by atoms with Gasteiger partial charge in [-0.15, -0.1) is 0 Å². The summed E-state index contributed by atoms with van der Waals surface area (Å²) in [5, 5.41) is 9.16. The summed E-state index contributed by atoms with van der Waals surface area (Å²) in [6, 6.07) is 13.6. The molecule has 0 aliphatic heterocycles. The van der Waals surface area contributed by atoms with Gasteiger partial charge in [0.2, 0.25) is 0 Å². The highest BCUT2D eigenvalue weighted by Gasteiger charge is 2.14. The molecule has 0 aliphatic rings. The zero-order chi connectivity index (χ0) is 14.8. The molecule has 0 saturated heterocycles. The Morgan fingerprint density at radius 1 is 1.19 bits per heavy atom. The summed E-state index contributed by atoms with van der Waals surface area (Å²) in [5.74, 6) is 0.0478. The number of nitriles is 1. The standard InChI is InChI=1S/C16H11FN4/c17-14-5-2-6-15(13(14)10-18)21-8-7-20-16(21)11-3-1-4-12(19)9-11/h1-9H,19H2. The maximum absolute atomic E-state index is 13.8. The normalized spacial score (nSPS) is 10.3. The number of rotatable bonds is 2. The lowest BCUT2D eigenvalue weighted by Crippen LogP contribution is -2.01. The van der Waals surface area contributed by atoms with Crippen LogP contribution in [0, 0.1) is 17.1 Å². The number of hydrogen-bond acceptors (Lipinski definition) is 3. The Kier molecular flexibility index (Phi) is 3.13.